The highest BCUT2D eigenvalue weighted by atomic mass is 32.2. The van der Waals surface area contributed by atoms with Crippen LogP contribution in [0.25, 0.3) is 0 Å². The maximum Gasteiger partial charge on any atom is 0.215 e. The van der Waals surface area contributed by atoms with Crippen molar-refractivity contribution in [3.8, 4) is 0 Å². The van der Waals surface area contributed by atoms with Gasteiger partial charge in [-0.25, -0.2) is 8.42 Å². The average molecular weight is 261 g/mol. The third kappa shape index (κ3) is 3.40. The van der Waals surface area contributed by atoms with Crippen LogP contribution in [0.4, 0.5) is 0 Å². The van der Waals surface area contributed by atoms with Gasteiger partial charge in [0.15, 0.2) is 0 Å². The van der Waals surface area contributed by atoms with Gasteiger partial charge in [-0.2, -0.15) is 4.31 Å². The van der Waals surface area contributed by atoms with Crippen LogP contribution in [-0.4, -0.2) is 68.7 Å². The zero-order valence-electron chi connectivity index (χ0n) is 10.6. The molecule has 0 saturated carbocycles. The monoisotopic (exact) mass is 261 g/mol. The second kappa shape index (κ2) is 5.65. The Labute approximate surface area is 104 Å². The highest BCUT2D eigenvalue weighted by molar-refractivity contribution is 7.89. The van der Waals surface area contributed by atoms with E-state index in [0.29, 0.717) is 13.1 Å². The van der Waals surface area contributed by atoms with E-state index in [2.05, 4.69) is 10.2 Å². The second-order valence-corrected chi connectivity index (χ2v) is 7.05. The molecular weight excluding hydrogens is 238 g/mol. The van der Waals surface area contributed by atoms with E-state index in [1.165, 1.54) is 0 Å². The molecule has 5 nitrogen and oxygen atoms in total. The fraction of sp³-hybridized carbons (Fsp3) is 1.00. The molecule has 6 heteroatoms. The van der Waals surface area contributed by atoms with Crippen LogP contribution in [0, 0.1) is 0 Å². The molecule has 2 fully saturated rings. The van der Waals surface area contributed by atoms with Crippen molar-refractivity contribution in [3.05, 3.63) is 0 Å². The molecule has 1 unspecified atom stereocenters. The zero-order valence-corrected chi connectivity index (χ0v) is 11.4. The first-order valence-corrected chi connectivity index (χ1v) is 8.13. The van der Waals surface area contributed by atoms with Crippen LogP contribution in [0.5, 0.6) is 0 Å². The third-order valence-electron chi connectivity index (χ3n) is 3.72. The van der Waals surface area contributed by atoms with Gasteiger partial charge in [-0.05, 0) is 19.8 Å². The lowest BCUT2D eigenvalue weighted by Crippen LogP contribution is -2.46. The summed E-state index contributed by atoms with van der Waals surface area (Å²) in [6, 6.07) is 0.197. The molecule has 17 heavy (non-hydrogen) atoms. The van der Waals surface area contributed by atoms with Gasteiger partial charge in [0.1, 0.15) is 0 Å². The largest absolute Gasteiger partial charge is 0.314 e. The molecule has 2 aliphatic rings. The summed E-state index contributed by atoms with van der Waals surface area (Å²) < 4.78 is 26.0. The standard InChI is InChI=1S/C11H23N3O2S/c1-11-3-2-6-14(11)17(15,16)10-9-13-7-4-12-5-8-13/h11-12H,2-10H2,1H3. The van der Waals surface area contributed by atoms with Crippen molar-refractivity contribution in [1.29, 1.82) is 0 Å². The second-order valence-electron chi connectivity index (χ2n) is 5.01. The molecule has 1 N–H and O–H groups in total. The topological polar surface area (TPSA) is 52.7 Å². The molecule has 0 spiro atoms. The van der Waals surface area contributed by atoms with Gasteiger partial charge < -0.3 is 5.32 Å². The summed E-state index contributed by atoms with van der Waals surface area (Å²) in [6.07, 6.45) is 2.01. The Bertz CT molecular complexity index is 339. The minimum absolute atomic E-state index is 0.197. The van der Waals surface area contributed by atoms with E-state index in [1.54, 1.807) is 4.31 Å². The summed E-state index contributed by atoms with van der Waals surface area (Å²) in [5.41, 5.74) is 0. The van der Waals surface area contributed by atoms with Crippen LogP contribution in [0.15, 0.2) is 0 Å². The van der Waals surface area contributed by atoms with Gasteiger partial charge >= 0.3 is 0 Å². The van der Waals surface area contributed by atoms with Crippen LogP contribution in [0.1, 0.15) is 19.8 Å². The molecule has 100 valence electrons. The van der Waals surface area contributed by atoms with Gasteiger partial charge in [-0.3, -0.25) is 4.90 Å². The van der Waals surface area contributed by atoms with Crippen LogP contribution < -0.4 is 5.32 Å². The maximum absolute atomic E-state index is 12.2. The fourth-order valence-corrected chi connectivity index (χ4v) is 4.40. The Hall–Kier alpha value is -0.170. The normalized spacial score (nSPS) is 28.6. The van der Waals surface area contributed by atoms with Gasteiger partial charge in [-0.15, -0.1) is 0 Å². The van der Waals surface area contributed by atoms with Crippen LogP contribution in [-0.2, 0) is 10.0 Å². The first-order valence-electron chi connectivity index (χ1n) is 6.52. The quantitative estimate of drug-likeness (QED) is 0.755. The van der Waals surface area contributed by atoms with Crippen molar-refractivity contribution in [3.63, 3.8) is 0 Å². The van der Waals surface area contributed by atoms with Crippen molar-refractivity contribution in [1.82, 2.24) is 14.5 Å². The molecule has 0 aromatic rings. The van der Waals surface area contributed by atoms with E-state index in [1.807, 2.05) is 6.92 Å². The molecule has 1 atom stereocenters. The predicted octanol–water partition coefficient (Wildman–Crippen LogP) is -0.294. The van der Waals surface area contributed by atoms with E-state index >= 15 is 0 Å². The Kier molecular flexibility index (Phi) is 4.41. The number of nitrogens with one attached hydrogen (secondary N) is 1. The summed E-state index contributed by atoms with van der Waals surface area (Å²) in [4.78, 5) is 2.23. The molecular formula is C11H23N3O2S. The molecule has 0 aromatic carbocycles. The van der Waals surface area contributed by atoms with Crippen molar-refractivity contribution >= 4 is 10.0 Å². The number of sulfonamides is 1. The van der Waals surface area contributed by atoms with Crippen molar-refractivity contribution in [2.45, 2.75) is 25.8 Å². The summed E-state index contributed by atoms with van der Waals surface area (Å²) in [5, 5.41) is 3.27. The molecule has 0 aromatic heterocycles. The lowest BCUT2D eigenvalue weighted by Gasteiger charge is -2.28. The van der Waals surface area contributed by atoms with E-state index in [9.17, 15) is 8.42 Å². The molecule has 2 heterocycles. The highest BCUT2D eigenvalue weighted by Crippen LogP contribution is 2.20. The molecule has 2 aliphatic heterocycles. The number of piperazine rings is 1. The third-order valence-corrected chi connectivity index (χ3v) is 5.68. The van der Waals surface area contributed by atoms with Gasteiger partial charge in [0.05, 0.1) is 5.75 Å². The lowest BCUT2D eigenvalue weighted by atomic mass is 10.3. The number of nitrogens with zero attached hydrogens (tertiary/aromatic N) is 2. The number of hydrogen-bond donors (Lipinski definition) is 1. The highest BCUT2D eigenvalue weighted by Gasteiger charge is 2.31. The fourth-order valence-electron chi connectivity index (χ4n) is 2.62. The summed E-state index contributed by atoms with van der Waals surface area (Å²) in [7, 11) is -3.04. The van der Waals surface area contributed by atoms with E-state index < -0.39 is 10.0 Å². The maximum atomic E-state index is 12.2. The average Bonchev–Trinajstić information content (AvgIpc) is 2.75. The molecule has 2 rings (SSSR count). The Balaban J connectivity index is 1.84. The lowest BCUT2D eigenvalue weighted by molar-refractivity contribution is 0.252. The van der Waals surface area contributed by atoms with Crippen LogP contribution in [0.3, 0.4) is 0 Å². The first-order chi connectivity index (χ1) is 8.09. The minimum Gasteiger partial charge on any atom is -0.314 e. The first kappa shape index (κ1) is 13.3. The van der Waals surface area contributed by atoms with Gasteiger partial charge in [0.2, 0.25) is 10.0 Å². The zero-order chi connectivity index (χ0) is 12.3. The summed E-state index contributed by atoms with van der Waals surface area (Å²) in [6.45, 7) is 7.27. The van der Waals surface area contributed by atoms with Gasteiger partial charge in [-0.1, -0.05) is 0 Å². The summed E-state index contributed by atoms with van der Waals surface area (Å²) in [5.74, 6) is 0.275. The van der Waals surface area contributed by atoms with Crippen molar-refractivity contribution < 1.29 is 8.42 Å². The summed E-state index contributed by atoms with van der Waals surface area (Å²) >= 11 is 0. The molecule has 0 aliphatic carbocycles. The Morgan fingerprint density at radius 2 is 1.94 bits per heavy atom. The molecule has 2 saturated heterocycles. The minimum atomic E-state index is -3.04. The molecule has 0 radical (unpaired) electrons. The van der Waals surface area contributed by atoms with Crippen molar-refractivity contribution in [2.75, 3.05) is 45.0 Å². The van der Waals surface area contributed by atoms with E-state index in [4.69, 9.17) is 0 Å². The number of hydrogen-bond acceptors (Lipinski definition) is 4. The van der Waals surface area contributed by atoms with Crippen LogP contribution in [0.2, 0.25) is 0 Å². The smallest absolute Gasteiger partial charge is 0.215 e. The number of rotatable bonds is 4. The van der Waals surface area contributed by atoms with E-state index in [-0.39, 0.29) is 11.8 Å². The SMILES string of the molecule is CC1CCCN1S(=O)(=O)CCN1CCNCC1. The predicted molar refractivity (Wildman–Crippen MR) is 68.5 cm³/mol. The van der Waals surface area contributed by atoms with Gasteiger partial charge in [0.25, 0.3) is 0 Å². The van der Waals surface area contributed by atoms with Crippen molar-refractivity contribution in [2.24, 2.45) is 0 Å². The Morgan fingerprint density at radius 1 is 1.24 bits per heavy atom. The van der Waals surface area contributed by atoms with Crippen LogP contribution >= 0.6 is 0 Å². The molecule has 0 bridgehead atoms. The Morgan fingerprint density at radius 3 is 2.53 bits per heavy atom. The van der Waals surface area contributed by atoms with E-state index in [0.717, 1.165) is 39.0 Å². The molecule has 0 amide bonds. The van der Waals surface area contributed by atoms with Gasteiger partial charge in [0, 0.05) is 45.3 Å².